The molecule has 4 atom stereocenters. The molecule has 0 amide bonds. The van der Waals surface area contributed by atoms with Gasteiger partial charge in [0.25, 0.3) is 5.69 Å². The van der Waals surface area contributed by atoms with Gasteiger partial charge in [0.1, 0.15) is 17.5 Å². The highest BCUT2D eigenvalue weighted by atomic mass is 28.4. The summed E-state index contributed by atoms with van der Waals surface area (Å²) in [4.78, 5) is 10.8. The van der Waals surface area contributed by atoms with Gasteiger partial charge in [-0.25, -0.2) is 0 Å². The summed E-state index contributed by atoms with van der Waals surface area (Å²) in [5.41, 5.74) is 2.12. The molecular weight excluding hydrogens is 582 g/mol. The van der Waals surface area contributed by atoms with Gasteiger partial charge in [0.15, 0.2) is 8.32 Å². The topological polar surface area (TPSA) is 80.1 Å². The number of benzene rings is 4. The Morgan fingerprint density at radius 2 is 1.24 bits per heavy atom. The summed E-state index contributed by atoms with van der Waals surface area (Å²) in [5, 5.41) is 11.2. The van der Waals surface area contributed by atoms with Crippen molar-refractivity contribution in [2.45, 2.75) is 69.9 Å². The number of rotatable bonds is 11. The van der Waals surface area contributed by atoms with Crippen LogP contribution in [0.15, 0.2) is 115 Å². The summed E-state index contributed by atoms with van der Waals surface area (Å²) in [7, 11) is -2.23. The van der Waals surface area contributed by atoms with Crippen LogP contribution < -0.4 is 4.74 Å². The average Bonchev–Trinajstić information content (AvgIpc) is 3.31. The van der Waals surface area contributed by atoms with Crippen molar-refractivity contribution >= 4 is 14.0 Å². The molecule has 0 aliphatic carbocycles. The number of ether oxygens (including phenoxy) is 3. The molecule has 0 aromatic heterocycles. The number of nitrogens with zero attached hydrogens (tertiary/aromatic N) is 1. The molecule has 0 N–H and O–H groups in total. The fourth-order valence-electron chi connectivity index (χ4n) is 5.59. The molecule has 1 aliphatic heterocycles. The van der Waals surface area contributed by atoms with E-state index in [1.807, 2.05) is 54.6 Å². The third-order valence-corrected chi connectivity index (χ3v) is 13.6. The maximum absolute atomic E-state index is 11.2. The fraction of sp³-hybridized carbons (Fsp3) is 0.351. The number of nitro benzene ring substituents is 1. The van der Waals surface area contributed by atoms with Gasteiger partial charge in [0.2, 0.25) is 6.29 Å². The van der Waals surface area contributed by atoms with Crippen molar-refractivity contribution in [1.29, 1.82) is 0 Å². The molecule has 7 nitrogen and oxygen atoms in total. The molecule has 0 radical (unpaired) electrons. The smallest absolute Gasteiger partial charge is 0.269 e. The van der Waals surface area contributed by atoms with Crippen LogP contribution in [0.1, 0.15) is 44.4 Å². The third kappa shape index (κ3) is 6.89. The van der Waals surface area contributed by atoms with Gasteiger partial charge in [-0.15, -0.1) is 0 Å². The van der Waals surface area contributed by atoms with E-state index in [2.05, 4.69) is 77.2 Å². The SMILES string of the molecule is C[C@H]1C(Oc2ccc([N+](=O)[O-])cc2)O[C@H](COC(c2ccccc2)(c2ccccc2)c2ccccc2)[C@H]1O[Si](C)(C)C(C)(C)C. The summed E-state index contributed by atoms with van der Waals surface area (Å²) in [6.07, 6.45) is -1.36. The van der Waals surface area contributed by atoms with Crippen LogP contribution in [0, 0.1) is 16.0 Å². The molecule has 236 valence electrons. The lowest BCUT2D eigenvalue weighted by Gasteiger charge is -2.41. The zero-order chi connectivity index (χ0) is 32.2. The van der Waals surface area contributed by atoms with Gasteiger partial charge in [0, 0.05) is 18.1 Å². The van der Waals surface area contributed by atoms with Crippen LogP contribution in [-0.4, -0.2) is 38.3 Å². The molecule has 8 heteroatoms. The molecule has 0 bridgehead atoms. The van der Waals surface area contributed by atoms with Gasteiger partial charge < -0.3 is 18.6 Å². The summed E-state index contributed by atoms with van der Waals surface area (Å²) < 4.78 is 27.2. The van der Waals surface area contributed by atoms with Crippen LogP contribution in [0.2, 0.25) is 18.1 Å². The van der Waals surface area contributed by atoms with Gasteiger partial charge in [-0.05, 0) is 47.0 Å². The minimum absolute atomic E-state index is 0.00669. The lowest BCUT2D eigenvalue weighted by Crippen LogP contribution is -2.49. The molecule has 0 saturated carbocycles. The maximum Gasteiger partial charge on any atom is 0.269 e. The molecule has 4 aromatic rings. The van der Waals surface area contributed by atoms with E-state index in [0.717, 1.165) is 16.7 Å². The first kappa shape index (κ1) is 32.6. The Balaban J connectivity index is 1.51. The van der Waals surface area contributed by atoms with E-state index >= 15 is 0 Å². The monoisotopic (exact) mass is 625 g/mol. The van der Waals surface area contributed by atoms with Crippen LogP contribution in [0.4, 0.5) is 5.69 Å². The molecule has 0 spiro atoms. The van der Waals surface area contributed by atoms with Crippen LogP contribution in [-0.2, 0) is 19.5 Å². The number of hydrogen-bond acceptors (Lipinski definition) is 6. The van der Waals surface area contributed by atoms with E-state index in [-0.39, 0.29) is 29.4 Å². The molecular formula is C37H43NO6Si. The molecule has 45 heavy (non-hydrogen) atoms. The first-order valence-electron chi connectivity index (χ1n) is 15.5. The average molecular weight is 626 g/mol. The first-order chi connectivity index (χ1) is 21.4. The normalized spacial score (nSPS) is 20.6. The maximum atomic E-state index is 11.2. The van der Waals surface area contributed by atoms with E-state index < -0.39 is 31.2 Å². The summed E-state index contributed by atoms with van der Waals surface area (Å²) >= 11 is 0. The standard InChI is InChI=1S/C37H43NO6Si/c1-27-34(44-45(5,6)36(2,3)4)33(43-35(27)42-32-24-22-31(23-25-32)38(39)40)26-41-37(28-16-10-7-11-17-28,29-18-12-8-13-19-29)30-20-14-9-15-21-30/h7-25,27,33-35H,26H2,1-6H3/t27-,33-,34+,35?/m1/s1. The van der Waals surface area contributed by atoms with E-state index in [4.69, 9.17) is 18.6 Å². The molecule has 1 fully saturated rings. The van der Waals surface area contributed by atoms with Crippen LogP contribution in [0.3, 0.4) is 0 Å². The predicted octanol–water partition coefficient (Wildman–Crippen LogP) is 8.73. The quantitative estimate of drug-likeness (QED) is 0.0718. The van der Waals surface area contributed by atoms with Crippen molar-refractivity contribution in [2.75, 3.05) is 6.61 Å². The Labute approximate surface area is 267 Å². The Bertz CT molecular complexity index is 1440. The molecule has 1 saturated heterocycles. The minimum atomic E-state index is -2.23. The zero-order valence-electron chi connectivity index (χ0n) is 26.9. The van der Waals surface area contributed by atoms with Crippen LogP contribution in [0.25, 0.3) is 0 Å². The highest BCUT2D eigenvalue weighted by Crippen LogP contribution is 2.44. The number of hydrogen-bond donors (Lipinski definition) is 0. The van der Waals surface area contributed by atoms with Crippen molar-refractivity contribution in [3.05, 3.63) is 142 Å². The van der Waals surface area contributed by atoms with Gasteiger partial charge in [-0.3, -0.25) is 10.1 Å². The minimum Gasteiger partial charge on any atom is -0.465 e. The first-order valence-corrected chi connectivity index (χ1v) is 18.4. The lowest BCUT2D eigenvalue weighted by molar-refractivity contribution is -0.384. The van der Waals surface area contributed by atoms with Crippen LogP contribution >= 0.6 is 0 Å². The van der Waals surface area contributed by atoms with E-state index in [0.29, 0.717) is 5.75 Å². The Morgan fingerprint density at radius 1 is 0.778 bits per heavy atom. The second kappa shape index (κ2) is 13.3. The van der Waals surface area contributed by atoms with Gasteiger partial charge in [-0.1, -0.05) is 119 Å². The molecule has 1 unspecified atom stereocenters. The van der Waals surface area contributed by atoms with E-state index in [9.17, 15) is 10.1 Å². The summed E-state index contributed by atoms with van der Waals surface area (Å²) in [5.74, 6) is 0.361. The Kier molecular flexibility index (Phi) is 9.60. The molecule has 1 heterocycles. The van der Waals surface area contributed by atoms with Crippen molar-refractivity contribution in [1.82, 2.24) is 0 Å². The van der Waals surface area contributed by atoms with Crippen molar-refractivity contribution in [3.63, 3.8) is 0 Å². The lowest BCUT2D eigenvalue weighted by atomic mass is 9.80. The molecule has 4 aromatic carbocycles. The summed E-state index contributed by atoms with van der Waals surface area (Å²) in [6.45, 7) is 13.5. The Morgan fingerprint density at radius 3 is 1.67 bits per heavy atom. The van der Waals surface area contributed by atoms with Gasteiger partial charge in [0.05, 0.1) is 17.6 Å². The van der Waals surface area contributed by atoms with Crippen LogP contribution in [0.5, 0.6) is 5.75 Å². The van der Waals surface area contributed by atoms with Crippen molar-refractivity contribution < 1.29 is 23.6 Å². The van der Waals surface area contributed by atoms with E-state index in [1.165, 1.54) is 12.1 Å². The second-order valence-corrected chi connectivity index (χ2v) is 18.0. The summed E-state index contributed by atoms with van der Waals surface area (Å²) in [6, 6.07) is 36.9. The molecule has 1 aliphatic rings. The fourth-order valence-corrected chi connectivity index (χ4v) is 6.99. The third-order valence-electron chi connectivity index (χ3n) is 9.16. The van der Waals surface area contributed by atoms with Gasteiger partial charge in [-0.2, -0.15) is 0 Å². The highest BCUT2D eigenvalue weighted by Gasteiger charge is 2.50. The Hall–Kier alpha value is -3.82. The predicted molar refractivity (Wildman–Crippen MR) is 179 cm³/mol. The van der Waals surface area contributed by atoms with Crippen molar-refractivity contribution in [2.24, 2.45) is 5.92 Å². The zero-order valence-corrected chi connectivity index (χ0v) is 27.9. The second-order valence-electron chi connectivity index (χ2n) is 13.2. The largest absolute Gasteiger partial charge is 0.465 e. The number of non-ortho nitro benzene ring substituents is 1. The number of nitro groups is 1. The van der Waals surface area contributed by atoms with Crippen molar-refractivity contribution in [3.8, 4) is 5.75 Å². The molecule has 5 rings (SSSR count). The highest BCUT2D eigenvalue weighted by molar-refractivity contribution is 6.74. The van der Waals surface area contributed by atoms with Gasteiger partial charge >= 0.3 is 0 Å². The van der Waals surface area contributed by atoms with E-state index in [1.54, 1.807) is 12.1 Å².